The zero-order valence-electron chi connectivity index (χ0n) is 31.4. The summed E-state index contributed by atoms with van der Waals surface area (Å²) in [6.45, 7) is 0. The Kier molecular flexibility index (Phi) is 10.9. The molecule has 4 amide bonds. The second kappa shape index (κ2) is 16.0. The van der Waals surface area contributed by atoms with E-state index in [1.54, 1.807) is 12.1 Å². The third kappa shape index (κ3) is 8.14. The molecule has 308 valence electrons. The first-order valence-corrected chi connectivity index (χ1v) is 20.8. The molecule has 6 aliphatic rings. The quantitative estimate of drug-likeness (QED) is 0.150. The van der Waals surface area contributed by atoms with E-state index in [1.807, 2.05) is 0 Å². The van der Waals surface area contributed by atoms with Gasteiger partial charge >= 0.3 is 0 Å². The molecule has 0 unspecified atom stereocenters. The highest BCUT2D eigenvalue weighted by Gasteiger charge is 2.48. The fraction of sp³-hybridized carbons (Fsp3) is 0.421. The Morgan fingerprint density at radius 1 is 0.678 bits per heavy atom. The predicted molar refractivity (Wildman–Crippen MR) is 221 cm³/mol. The van der Waals surface area contributed by atoms with Gasteiger partial charge in [-0.1, -0.05) is 23.2 Å². The first-order chi connectivity index (χ1) is 28.3. The summed E-state index contributed by atoms with van der Waals surface area (Å²) in [5.41, 5.74) is 4.34. The average Bonchev–Trinajstić information content (AvgIpc) is 4.09. The molecule has 2 aliphatic heterocycles. The summed E-state index contributed by atoms with van der Waals surface area (Å²) in [6.07, 6.45) is 13.2. The van der Waals surface area contributed by atoms with Gasteiger partial charge in [0.1, 0.15) is 64.3 Å². The van der Waals surface area contributed by atoms with Gasteiger partial charge in [0.2, 0.25) is 11.8 Å². The van der Waals surface area contributed by atoms with E-state index in [2.05, 4.69) is 62.4 Å². The van der Waals surface area contributed by atoms with Gasteiger partial charge < -0.3 is 32.3 Å². The van der Waals surface area contributed by atoms with Crippen molar-refractivity contribution < 1.29 is 19.2 Å². The van der Waals surface area contributed by atoms with E-state index in [0.29, 0.717) is 51.3 Å². The number of carbonyl (C=O) groups excluding carboxylic acids is 4. The zero-order chi connectivity index (χ0) is 41.6. The Balaban J connectivity index is 0.000000136. The van der Waals surface area contributed by atoms with Gasteiger partial charge in [0.15, 0.2) is 0 Å². The highest BCUT2D eigenvalue weighted by Crippen LogP contribution is 2.41. The van der Waals surface area contributed by atoms with Crippen LogP contribution < -0.4 is 43.4 Å². The van der Waals surface area contributed by atoms with Crippen molar-refractivity contribution in [3.05, 3.63) is 83.5 Å². The third-order valence-corrected chi connectivity index (χ3v) is 12.3. The van der Waals surface area contributed by atoms with E-state index < -0.39 is 11.3 Å². The summed E-state index contributed by atoms with van der Waals surface area (Å²) in [5.74, 6) is 1.15. The molecule has 10 rings (SSSR count). The lowest BCUT2D eigenvalue weighted by molar-refractivity contribution is -0.118. The van der Waals surface area contributed by atoms with Gasteiger partial charge in [-0.25, -0.2) is 19.9 Å². The minimum atomic E-state index is -0.708. The van der Waals surface area contributed by atoms with Crippen molar-refractivity contribution >= 4 is 91.7 Å². The molecule has 0 atom stereocenters. The number of anilines is 5. The Labute approximate surface area is 354 Å². The van der Waals surface area contributed by atoms with E-state index in [1.165, 1.54) is 33.9 Å². The Hall–Kier alpha value is -5.40. The predicted octanol–water partition coefficient (Wildman–Crippen LogP) is 5.00. The fourth-order valence-corrected chi connectivity index (χ4v) is 9.06. The molecule has 18 nitrogen and oxygen atoms in total. The molecule has 6 heterocycles. The van der Waals surface area contributed by atoms with Gasteiger partial charge in [0, 0.05) is 24.0 Å². The summed E-state index contributed by atoms with van der Waals surface area (Å²) >= 11 is 15.6. The zero-order valence-corrected chi connectivity index (χ0v) is 34.5. The monoisotopic (exact) mass is 908 g/mol. The molecular weight excluding hydrogens is 871 g/mol. The lowest BCUT2D eigenvalue weighted by atomic mass is 10.1. The number of fused-ring (bicyclic) bond motifs is 4. The van der Waals surface area contributed by atoms with Crippen LogP contribution in [0, 0.1) is 11.8 Å². The second-order valence-corrected chi connectivity index (χ2v) is 17.0. The number of hydrogen-bond donors (Lipinski definition) is 6. The SMILES string of the molecule is Nc1cc(NC(=O)C2CC2)ncn1.O=C1NC2(CCCC2)n2c1c(Cl)cc(Br)c2=O.O=C1NC2(CCCC2)n2c1c(Cl)cc(Nc1cc(NC(=O)C3CC3)ncn1)c2=O. The third-order valence-electron chi connectivity index (χ3n) is 11.1. The summed E-state index contributed by atoms with van der Waals surface area (Å²) in [7, 11) is 0. The van der Waals surface area contributed by atoms with Crippen molar-refractivity contribution in [2.45, 2.75) is 88.4 Å². The van der Waals surface area contributed by atoms with E-state index >= 15 is 0 Å². The lowest BCUT2D eigenvalue weighted by Gasteiger charge is -2.26. The summed E-state index contributed by atoms with van der Waals surface area (Å²) in [6, 6.07) is 6.03. The van der Waals surface area contributed by atoms with E-state index in [-0.39, 0.29) is 63.0 Å². The van der Waals surface area contributed by atoms with E-state index in [0.717, 1.165) is 64.2 Å². The smallest absolute Gasteiger partial charge is 0.276 e. The maximum absolute atomic E-state index is 13.2. The number of pyridine rings is 2. The molecule has 0 radical (unpaired) electrons. The van der Waals surface area contributed by atoms with E-state index in [4.69, 9.17) is 28.9 Å². The van der Waals surface area contributed by atoms with Crippen molar-refractivity contribution in [2.75, 3.05) is 21.7 Å². The number of carbonyl (C=O) groups is 4. The van der Waals surface area contributed by atoms with Crippen LogP contribution in [-0.2, 0) is 20.9 Å². The van der Waals surface area contributed by atoms with Crippen molar-refractivity contribution in [3.8, 4) is 0 Å². The maximum Gasteiger partial charge on any atom is 0.276 e. The molecule has 0 aromatic carbocycles. The number of rotatable bonds is 6. The molecule has 21 heteroatoms. The lowest BCUT2D eigenvalue weighted by Crippen LogP contribution is -2.45. The number of nitrogens with zero attached hydrogens (tertiary/aromatic N) is 6. The number of nitrogens with one attached hydrogen (secondary N) is 5. The number of aromatic nitrogens is 6. The Morgan fingerprint density at radius 3 is 1.64 bits per heavy atom. The number of hydrogen-bond acceptors (Lipinski definition) is 12. The number of halogens is 3. The largest absolute Gasteiger partial charge is 0.384 e. The molecule has 0 bridgehead atoms. The molecule has 0 saturated heterocycles. The van der Waals surface area contributed by atoms with Gasteiger partial charge in [-0.2, -0.15) is 0 Å². The maximum atomic E-state index is 13.2. The summed E-state index contributed by atoms with van der Waals surface area (Å²) < 4.78 is 3.42. The number of amides is 4. The first-order valence-electron chi connectivity index (χ1n) is 19.3. The van der Waals surface area contributed by atoms with Crippen LogP contribution in [0.2, 0.25) is 10.0 Å². The first kappa shape index (κ1) is 40.4. The molecule has 7 N–H and O–H groups in total. The highest BCUT2D eigenvalue weighted by atomic mass is 79.9. The van der Waals surface area contributed by atoms with Crippen molar-refractivity contribution in [2.24, 2.45) is 11.8 Å². The van der Waals surface area contributed by atoms with Crippen LogP contribution in [-0.4, -0.2) is 52.7 Å². The van der Waals surface area contributed by atoms with Crippen molar-refractivity contribution in [1.29, 1.82) is 0 Å². The van der Waals surface area contributed by atoms with Gasteiger partial charge in [-0.05, 0) is 105 Å². The summed E-state index contributed by atoms with van der Waals surface area (Å²) in [5, 5.41) is 14.8. The number of nitrogen functional groups attached to an aromatic ring is 1. The Bertz CT molecular complexity index is 2510. The second-order valence-electron chi connectivity index (χ2n) is 15.4. The van der Waals surface area contributed by atoms with Crippen LogP contribution >= 0.6 is 39.1 Å². The van der Waals surface area contributed by atoms with Crippen LogP contribution in [0.3, 0.4) is 0 Å². The Morgan fingerprint density at radius 2 is 1.14 bits per heavy atom. The summed E-state index contributed by atoms with van der Waals surface area (Å²) in [4.78, 5) is 88.8. The molecule has 4 fully saturated rings. The molecule has 4 aromatic heterocycles. The van der Waals surface area contributed by atoms with E-state index in [9.17, 15) is 28.8 Å². The van der Waals surface area contributed by atoms with Crippen LogP contribution in [0.4, 0.5) is 29.0 Å². The minimum absolute atomic E-state index is 0.0260. The molecule has 4 saturated carbocycles. The van der Waals surface area contributed by atoms with Crippen LogP contribution in [0.25, 0.3) is 0 Å². The van der Waals surface area contributed by atoms with Gasteiger partial charge in [0.05, 0.1) is 14.5 Å². The molecular formula is C38H39BrCl2N12O6. The topological polar surface area (TPSA) is 250 Å². The normalized spacial score (nSPS) is 18.8. The standard InChI is InChI=1S/C19H19ClN6O3.C11H10BrClN2O2.C8H10N4O/c20-11-7-12(18(29)26-15(11)17(28)25-19(26)5-1-2-6-19)23-13-8-14(22-9-21-13)24-16(27)10-3-4-10;12-6-5-7(13)8-9(16)14-11(3-1-2-4-11)15(8)10(6)17;9-6-3-7(11-4-10-6)12-8(13)5-1-2-5/h7-10H,1-6H2,(H,25,28)(H2,21,22,23,24,27);5H,1-4H2,(H,14,16);3-5H,1-2H2,(H3,9,10,11,12,13). The minimum Gasteiger partial charge on any atom is -0.384 e. The van der Waals surface area contributed by atoms with Crippen molar-refractivity contribution in [3.63, 3.8) is 0 Å². The van der Waals surface area contributed by atoms with Gasteiger partial charge in [0.25, 0.3) is 22.9 Å². The fourth-order valence-electron chi connectivity index (χ4n) is 7.96. The molecule has 4 aliphatic carbocycles. The van der Waals surface area contributed by atoms with Crippen LogP contribution in [0.15, 0.2) is 51.0 Å². The highest BCUT2D eigenvalue weighted by molar-refractivity contribution is 9.10. The average molecular weight is 911 g/mol. The van der Waals surface area contributed by atoms with Crippen LogP contribution in [0.1, 0.15) is 98.0 Å². The van der Waals surface area contributed by atoms with Gasteiger partial charge in [-0.3, -0.25) is 37.9 Å². The van der Waals surface area contributed by atoms with Crippen LogP contribution in [0.5, 0.6) is 0 Å². The van der Waals surface area contributed by atoms with Gasteiger partial charge in [-0.15, -0.1) is 0 Å². The molecule has 4 aromatic rings. The molecule has 59 heavy (non-hydrogen) atoms. The number of nitrogens with two attached hydrogens (primary N) is 1. The molecule has 2 spiro atoms. The van der Waals surface area contributed by atoms with Crippen molar-refractivity contribution in [1.82, 2.24) is 39.7 Å².